The van der Waals surface area contributed by atoms with Crippen LogP contribution in [0, 0.1) is 0 Å². The molecule has 1 fully saturated rings. The monoisotopic (exact) mass is 363 g/mol. The van der Waals surface area contributed by atoms with E-state index in [0.717, 1.165) is 43.9 Å². The van der Waals surface area contributed by atoms with E-state index in [-0.39, 0.29) is 0 Å². The van der Waals surface area contributed by atoms with Gasteiger partial charge in [-0.2, -0.15) is 4.98 Å². The second-order valence-corrected chi connectivity index (χ2v) is 6.95. The predicted octanol–water partition coefficient (Wildman–Crippen LogP) is 2.51. The van der Waals surface area contributed by atoms with E-state index in [9.17, 15) is 0 Å². The molecule has 2 aromatic carbocycles. The largest absolute Gasteiger partial charge is 0.338 e. The lowest BCUT2D eigenvalue weighted by molar-refractivity contribution is 0.112. The first-order chi connectivity index (χ1) is 13.3. The molecule has 6 heteroatoms. The Balaban J connectivity index is 1.30. The summed E-state index contributed by atoms with van der Waals surface area (Å²) in [5.41, 5.74) is 9.06. The summed E-state index contributed by atoms with van der Waals surface area (Å²) in [6.45, 7) is 6.37. The lowest BCUT2D eigenvalue weighted by atomic mass is 10.1. The molecule has 1 aliphatic rings. The molecule has 1 aliphatic heterocycles. The maximum absolute atomic E-state index is 5.64. The Morgan fingerprint density at radius 1 is 0.815 bits per heavy atom. The topological polar surface area (TPSA) is 71.4 Å². The van der Waals surface area contributed by atoms with Crippen molar-refractivity contribution in [2.75, 3.05) is 26.2 Å². The third kappa shape index (κ3) is 4.60. The maximum atomic E-state index is 5.64. The molecule has 140 valence electrons. The molecule has 0 bridgehead atoms. The van der Waals surface area contributed by atoms with Gasteiger partial charge in [0, 0.05) is 44.8 Å². The first-order valence-corrected chi connectivity index (χ1v) is 9.41. The molecule has 0 radical (unpaired) electrons. The Labute approximate surface area is 159 Å². The van der Waals surface area contributed by atoms with Crippen molar-refractivity contribution < 1.29 is 4.52 Å². The lowest BCUT2D eigenvalue weighted by Crippen LogP contribution is -2.45. The SMILES string of the molecule is NCc1ccc(-c2noc(CN3CCN(Cc4ccccc4)CC3)n2)cc1. The van der Waals surface area contributed by atoms with Crippen LogP contribution in [-0.4, -0.2) is 46.1 Å². The van der Waals surface area contributed by atoms with E-state index in [2.05, 4.69) is 50.3 Å². The van der Waals surface area contributed by atoms with Gasteiger partial charge < -0.3 is 10.3 Å². The lowest BCUT2D eigenvalue weighted by Gasteiger charge is -2.33. The number of nitrogens with two attached hydrogens (primary N) is 1. The third-order valence-corrected chi connectivity index (χ3v) is 4.99. The third-order valence-electron chi connectivity index (χ3n) is 4.99. The Morgan fingerprint density at radius 3 is 2.15 bits per heavy atom. The van der Waals surface area contributed by atoms with Crippen molar-refractivity contribution in [2.24, 2.45) is 5.73 Å². The number of nitrogens with zero attached hydrogens (tertiary/aromatic N) is 4. The smallest absolute Gasteiger partial charge is 0.241 e. The second kappa shape index (κ2) is 8.43. The molecule has 4 rings (SSSR count). The van der Waals surface area contributed by atoms with Gasteiger partial charge in [-0.1, -0.05) is 59.8 Å². The Hall–Kier alpha value is -2.54. The minimum Gasteiger partial charge on any atom is -0.338 e. The van der Waals surface area contributed by atoms with Gasteiger partial charge in [-0.05, 0) is 11.1 Å². The van der Waals surface area contributed by atoms with Crippen LogP contribution in [0.4, 0.5) is 0 Å². The van der Waals surface area contributed by atoms with Crippen LogP contribution in [0.5, 0.6) is 0 Å². The van der Waals surface area contributed by atoms with Crippen LogP contribution < -0.4 is 5.73 Å². The van der Waals surface area contributed by atoms with E-state index in [1.807, 2.05) is 24.3 Å². The standard InChI is InChI=1S/C21H25N5O/c22-14-17-6-8-19(9-7-17)21-23-20(27-24-21)16-26-12-10-25(11-13-26)15-18-4-2-1-3-5-18/h1-9H,10-16,22H2. The van der Waals surface area contributed by atoms with Crippen LogP contribution in [0.1, 0.15) is 17.0 Å². The Kier molecular flexibility index (Phi) is 5.58. The molecule has 0 amide bonds. The molecule has 1 saturated heterocycles. The molecule has 27 heavy (non-hydrogen) atoms. The van der Waals surface area contributed by atoms with E-state index in [4.69, 9.17) is 10.3 Å². The van der Waals surface area contributed by atoms with Gasteiger partial charge >= 0.3 is 0 Å². The molecule has 0 unspecified atom stereocenters. The normalized spacial score (nSPS) is 15.9. The molecule has 0 atom stereocenters. The second-order valence-electron chi connectivity index (χ2n) is 6.95. The van der Waals surface area contributed by atoms with Gasteiger partial charge in [0.15, 0.2) is 0 Å². The van der Waals surface area contributed by atoms with E-state index < -0.39 is 0 Å². The molecular weight excluding hydrogens is 338 g/mol. The van der Waals surface area contributed by atoms with Crippen molar-refractivity contribution in [3.8, 4) is 11.4 Å². The summed E-state index contributed by atoms with van der Waals surface area (Å²) in [6.07, 6.45) is 0. The van der Waals surface area contributed by atoms with Crippen LogP contribution in [0.3, 0.4) is 0 Å². The van der Waals surface area contributed by atoms with Gasteiger partial charge in [0.05, 0.1) is 6.54 Å². The van der Waals surface area contributed by atoms with Gasteiger partial charge in [0.1, 0.15) is 0 Å². The molecule has 3 aromatic rings. The van der Waals surface area contributed by atoms with E-state index in [1.54, 1.807) is 0 Å². The average Bonchev–Trinajstić information content (AvgIpc) is 3.19. The minimum atomic E-state index is 0.536. The zero-order valence-electron chi connectivity index (χ0n) is 15.4. The van der Waals surface area contributed by atoms with Gasteiger partial charge in [0.2, 0.25) is 11.7 Å². The van der Waals surface area contributed by atoms with Gasteiger partial charge in [-0.15, -0.1) is 0 Å². The summed E-state index contributed by atoms with van der Waals surface area (Å²) in [6, 6.07) is 18.6. The molecule has 6 nitrogen and oxygen atoms in total. The summed E-state index contributed by atoms with van der Waals surface area (Å²) in [4.78, 5) is 9.41. The highest BCUT2D eigenvalue weighted by molar-refractivity contribution is 5.54. The molecular formula is C21H25N5O. The molecule has 1 aromatic heterocycles. The molecule has 0 spiro atoms. The zero-order chi connectivity index (χ0) is 18.5. The summed E-state index contributed by atoms with van der Waals surface area (Å²) < 4.78 is 5.46. The first kappa shape index (κ1) is 17.9. The van der Waals surface area contributed by atoms with Crippen molar-refractivity contribution in [1.82, 2.24) is 19.9 Å². The summed E-state index contributed by atoms with van der Waals surface area (Å²) in [7, 11) is 0. The highest BCUT2D eigenvalue weighted by Gasteiger charge is 2.19. The van der Waals surface area contributed by atoms with Crippen molar-refractivity contribution in [3.05, 3.63) is 71.6 Å². The van der Waals surface area contributed by atoms with Gasteiger partial charge in [-0.25, -0.2) is 0 Å². The van der Waals surface area contributed by atoms with E-state index >= 15 is 0 Å². The van der Waals surface area contributed by atoms with Crippen molar-refractivity contribution in [3.63, 3.8) is 0 Å². The highest BCUT2D eigenvalue weighted by atomic mass is 16.5. The van der Waals surface area contributed by atoms with E-state index in [0.29, 0.717) is 24.8 Å². The van der Waals surface area contributed by atoms with Crippen molar-refractivity contribution in [1.29, 1.82) is 0 Å². The molecule has 0 aliphatic carbocycles. The summed E-state index contributed by atoms with van der Waals surface area (Å²) in [5, 5.41) is 4.12. The van der Waals surface area contributed by atoms with Crippen LogP contribution in [0.25, 0.3) is 11.4 Å². The van der Waals surface area contributed by atoms with Crippen LogP contribution in [0.2, 0.25) is 0 Å². The van der Waals surface area contributed by atoms with Crippen LogP contribution in [0.15, 0.2) is 59.1 Å². The fourth-order valence-electron chi connectivity index (χ4n) is 3.36. The highest BCUT2D eigenvalue weighted by Crippen LogP contribution is 2.18. The number of rotatable bonds is 6. The summed E-state index contributed by atoms with van der Waals surface area (Å²) in [5.74, 6) is 1.31. The summed E-state index contributed by atoms with van der Waals surface area (Å²) >= 11 is 0. The maximum Gasteiger partial charge on any atom is 0.241 e. The fourth-order valence-corrected chi connectivity index (χ4v) is 3.36. The number of hydrogen-bond donors (Lipinski definition) is 1. The van der Waals surface area contributed by atoms with Crippen molar-refractivity contribution >= 4 is 0 Å². The van der Waals surface area contributed by atoms with Crippen LogP contribution in [-0.2, 0) is 19.6 Å². The zero-order valence-corrected chi connectivity index (χ0v) is 15.4. The number of hydrogen-bond acceptors (Lipinski definition) is 6. The Bertz CT molecular complexity index is 839. The van der Waals surface area contributed by atoms with E-state index in [1.165, 1.54) is 5.56 Å². The minimum absolute atomic E-state index is 0.536. The Morgan fingerprint density at radius 2 is 1.48 bits per heavy atom. The number of piperazine rings is 1. The number of benzene rings is 2. The fraction of sp³-hybridized carbons (Fsp3) is 0.333. The average molecular weight is 363 g/mol. The first-order valence-electron chi connectivity index (χ1n) is 9.41. The van der Waals surface area contributed by atoms with Gasteiger partial charge in [-0.3, -0.25) is 9.80 Å². The van der Waals surface area contributed by atoms with Gasteiger partial charge in [0.25, 0.3) is 0 Å². The quantitative estimate of drug-likeness (QED) is 0.726. The van der Waals surface area contributed by atoms with Crippen LogP contribution >= 0.6 is 0 Å². The molecule has 2 heterocycles. The van der Waals surface area contributed by atoms with Crippen molar-refractivity contribution in [2.45, 2.75) is 19.6 Å². The molecule has 0 saturated carbocycles. The molecule has 2 N–H and O–H groups in total. The predicted molar refractivity (Wildman–Crippen MR) is 105 cm³/mol. The number of aromatic nitrogens is 2.